The molecule has 1 saturated heterocycles. The van der Waals surface area contributed by atoms with Gasteiger partial charge in [-0.2, -0.15) is 0 Å². The van der Waals surface area contributed by atoms with Crippen molar-refractivity contribution in [2.24, 2.45) is 4.99 Å². The van der Waals surface area contributed by atoms with Gasteiger partial charge in [0.15, 0.2) is 5.60 Å². The van der Waals surface area contributed by atoms with Crippen LogP contribution in [0.15, 0.2) is 35.3 Å². The monoisotopic (exact) mass is 231 g/mol. The second-order valence-corrected chi connectivity index (χ2v) is 5.53. The molecule has 0 N–H and O–H groups in total. The molecule has 0 radical (unpaired) electrons. The third-order valence-electron chi connectivity index (χ3n) is 3.30. The van der Waals surface area contributed by atoms with Crippen LogP contribution in [0.25, 0.3) is 0 Å². The molecule has 0 spiro atoms. The lowest BCUT2D eigenvalue weighted by molar-refractivity contribution is 0.251. The number of hydrogen-bond acceptors (Lipinski definition) is 3. The van der Waals surface area contributed by atoms with E-state index in [1.54, 1.807) is 0 Å². The SMILES string of the molecule is CC1(C)COC([C@]2(C)O[C@@H]2c2ccccc2)=N1. The summed E-state index contributed by atoms with van der Waals surface area (Å²) in [6.45, 7) is 6.83. The summed E-state index contributed by atoms with van der Waals surface area (Å²) in [6, 6.07) is 10.2. The maximum atomic E-state index is 5.81. The van der Waals surface area contributed by atoms with Gasteiger partial charge in [0.05, 0.1) is 5.54 Å². The molecule has 1 aromatic carbocycles. The highest BCUT2D eigenvalue weighted by atomic mass is 16.6. The van der Waals surface area contributed by atoms with E-state index < -0.39 is 0 Å². The van der Waals surface area contributed by atoms with Crippen LogP contribution < -0.4 is 0 Å². The van der Waals surface area contributed by atoms with Crippen molar-refractivity contribution in [2.75, 3.05) is 6.61 Å². The molecule has 0 amide bonds. The molecule has 3 heteroatoms. The first-order valence-corrected chi connectivity index (χ1v) is 5.97. The van der Waals surface area contributed by atoms with Crippen LogP contribution in [0.2, 0.25) is 0 Å². The van der Waals surface area contributed by atoms with Crippen molar-refractivity contribution >= 4 is 5.90 Å². The van der Waals surface area contributed by atoms with Crippen LogP contribution in [0, 0.1) is 0 Å². The first kappa shape index (κ1) is 10.8. The van der Waals surface area contributed by atoms with Crippen LogP contribution >= 0.6 is 0 Å². The van der Waals surface area contributed by atoms with Gasteiger partial charge < -0.3 is 9.47 Å². The van der Waals surface area contributed by atoms with Crippen LogP contribution in [-0.4, -0.2) is 23.6 Å². The molecular formula is C14H17NO2. The second kappa shape index (κ2) is 3.33. The predicted molar refractivity (Wildman–Crippen MR) is 66.1 cm³/mol. The van der Waals surface area contributed by atoms with Crippen molar-refractivity contribution in [3.8, 4) is 0 Å². The van der Waals surface area contributed by atoms with Gasteiger partial charge >= 0.3 is 0 Å². The molecular weight excluding hydrogens is 214 g/mol. The largest absolute Gasteiger partial charge is 0.476 e. The standard InChI is InChI=1S/C14H17NO2/c1-13(2)9-16-12(15-13)14(3)11(17-14)10-7-5-4-6-8-10/h4-8,11H,9H2,1-3H3/t11-,14-/m1/s1. The van der Waals surface area contributed by atoms with Gasteiger partial charge in [-0.05, 0) is 26.3 Å². The smallest absolute Gasteiger partial charge is 0.220 e. The van der Waals surface area contributed by atoms with Gasteiger partial charge in [0, 0.05) is 0 Å². The van der Waals surface area contributed by atoms with E-state index in [4.69, 9.17) is 9.47 Å². The Hall–Kier alpha value is -1.35. The fourth-order valence-corrected chi connectivity index (χ4v) is 2.23. The Labute approximate surface area is 101 Å². The Morgan fingerprint density at radius 3 is 2.47 bits per heavy atom. The van der Waals surface area contributed by atoms with E-state index in [9.17, 15) is 0 Å². The van der Waals surface area contributed by atoms with E-state index in [1.165, 1.54) is 5.56 Å². The molecule has 0 bridgehead atoms. The molecule has 0 aromatic heterocycles. The number of epoxide rings is 1. The van der Waals surface area contributed by atoms with Gasteiger partial charge in [-0.15, -0.1) is 0 Å². The molecule has 1 aromatic rings. The molecule has 2 heterocycles. The Kier molecular flexibility index (Phi) is 2.11. The first-order chi connectivity index (χ1) is 8.01. The normalized spacial score (nSPS) is 34.1. The highest BCUT2D eigenvalue weighted by Gasteiger charge is 2.60. The summed E-state index contributed by atoms with van der Waals surface area (Å²) in [6.07, 6.45) is 0.0800. The summed E-state index contributed by atoms with van der Waals surface area (Å²) in [4.78, 5) is 4.60. The maximum Gasteiger partial charge on any atom is 0.220 e. The summed E-state index contributed by atoms with van der Waals surface area (Å²) >= 11 is 0. The molecule has 1 fully saturated rings. The van der Waals surface area contributed by atoms with Gasteiger partial charge in [-0.25, -0.2) is 4.99 Å². The van der Waals surface area contributed by atoms with Crippen molar-refractivity contribution in [2.45, 2.75) is 38.0 Å². The van der Waals surface area contributed by atoms with Crippen molar-refractivity contribution in [1.82, 2.24) is 0 Å². The van der Waals surface area contributed by atoms with Crippen LogP contribution in [0.4, 0.5) is 0 Å². The quantitative estimate of drug-likeness (QED) is 0.733. The van der Waals surface area contributed by atoms with Crippen LogP contribution in [0.1, 0.15) is 32.4 Å². The van der Waals surface area contributed by atoms with Crippen molar-refractivity contribution in [1.29, 1.82) is 0 Å². The minimum atomic E-state index is -0.366. The van der Waals surface area contributed by atoms with E-state index in [-0.39, 0.29) is 17.2 Å². The summed E-state index contributed by atoms with van der Waals surface area (Å²) in [5.74, 6) is 0.747. The van der Waals surface area contributed by atoms with E-state index in [0.29, 0.717) is 6.61 Å². The zero-order valence-corrected chi connectivity index (χ0v) is 10.4. The molecule has 3 nitrogen and oxygen atoms in total. The summed E-state index contributed by atoms with van der Waals surface area (Å²) < 4.78 is 11.5. The zero-order valence-electron chi connectivity index (χ0n) is 10.4. The van der Waals surface area contributed by atoms with Gasteiger partial charge in [0.2, 0.25) is 5.90 Å². The highest BCUT2D eigenvalue weighted by Crippen LogP contribution is 2.51. The Bertz CT molecular complexity index is 466. The lowest BCUT2D eigenvalue weighted by Crippen LogP contribution is -2.21. The Morgan fingerprint density at radius 2 is 1.88 bits per heavy atom. The Morgan fingerprint density at radius 1 is 1.18 bits per heavy atom. The number of aliphatic imine (C=N–C) groups is 1. The summed E-state index contributed by atoms with van der Waals surface area (Å²) in [5, 5.41) is 0. The van der Waals surface area contributed by atoms with Crippen LogP contribution in [0.5, 0.6) is 0 Å². The topological polar surface area (TPSA) is 34.1 Å². The van der Waals surface area contributed by atoms with E-state index in [0.717, 1.165) is 5.90 Å². The predicted octanol–water partition coefficient (Wildman–Crippen LogP) is 2.72. The van der Waals surface area contributed by atoms with Crippen molar-refractivity contribution < 1.29 is 9.47 Å². The van der Waals surface area contributed by atoms with Gasteiger partial charge in [-0.3, -0.25) is 0 Å². The Balaban J connectivity index is 1.83. The van der Waals surface area contributed by atoms with Crippen molar-refractivity contribution in [3.05, 3.63) is 35.9 Å². The van der Waals surface area contributed by atoms with E-state index in [1.807, 2.05) is 25.1 Å². The summed E-state index contributed by atoms with van der Waals surface area (Å²) in [7, 11) is 0. The molecule has 2 atom stereocenters. The average Bonchev–Trinajstić information content (AvgIpc) is 2.86. The van der Waals surface area contributed by atoms with Gasteiger partial charge in [0.25, 0.3) is 0 Å². The lowest BCUT2D eigenvalue weighted by Gasteiger charge is -2.07. The fourth-order valence-electron chi connectivity index (χ4n) is 2.23. The van der Waals surface area contributed by atoms with Gasteiger partial charge in [0.1, 0.15) is 12.7 Å². The molecule has 3 rings (SSSR count). The molecule has 0 saturated carbocycles. The number of ether oxygens (including phenoxy) is 2. The molecule has 90 valence electrons. The second-order valence-electron chi connectivity index (χ2n) is 5.53. The maximum absolute atomic E-state index is 5.81. The molecule has 2 aliphatic rings. The third-order valence-corrected chi connectivity index (χ3v) is 3.30. The van der Waals surface area contributed by atoms with Crippen LogP contribution in [0.3, 0.4) is 0 Å². The van der Waals surface area contributed by atoms with E-state index in [2.05, 4.69) is 31.0 Å². The minimum absolute atomic E-state index is 0.0800. The van der Waals surface area contributed by atoms with Crippen molar-refractivity contribution in [3.63, 3.8) is 0 Å². The highest BCUT2D eigenvalue weighted by molar-refractivity contribution is 5.90. The fraction of sp³-hybridized carbons (Fsp3) is 0.500. The van der Waals surface area contributed by atoms with Gasteiger partial charge in [-0.1, -0.05) is 30.3 Å². The number of nitrogens with zero attached hydrogens (tertiary/aromatic N) is 1. The molecule has 17 heavy (non-hydrogen) atoms. The third kappa shape index (κ3) is 1.75. The summed E-state index contributed by atoms with van der Waals surface area (Å²) in [5.41, 5.74) is 0.701. The number of benzene rings is 1. The number of hydrogen-bond donors (Lipinski definition) is 0. The minimum Gasteiger partial charge on any atom is -0.476 e. The van der Waals surface area contributed by atoms with E-state index >= 15 is 0 Å². The molecule has 0 aliphatic carbocycles. The lowest BCUT2D eigenvalue weighted by atomic mass is 10.0. The molecule has 0 unspecified atom stereocenters. The molecule has 2 aliphatic heterocycles. The average molecular weight is 231 g/mol. The first-order valence-electron chi connectivity index (χ1n) is 5.97. The number of rotatable bonds is 2. The zero-order chi connectivity index (χ0) is 12.1. The van der Waals surface area contributed by atoms with Crippen LogP contribution in [-0.2, 0) is 9.47 Å².